The Balaban J connectivity index is 1.71. The number of ether oxygens (including phenoxy) is 3. The zero-order valence-electron chi connectivity index (χ0n) is 21.3. The number of amides is 1. The van der Waals surface area contributed by atoms with E-state index in [0.717, 1.165) is 10.3 Å². The summed E-state index contributed by atoms with van der Waals surface area (Å²) >= 11 is 1.27. The number of aliphatic hydroxyl groups is 1. The molecule has 1 N–H and O–H groups in total. The zero-order valence-corrected chi connectivity index (χ0v) is 22.2. The molecule has 3 aromatic carbocycles. The fraction of sp³-hybridized carbons (Fsp3) is 0.207. The predicted octanol–water partition coefficient (Wildman–Crippen LogP) is 5.65. The van der Waals surface area contributed by atoms with Crippen molar-refractivity contribution in [1.82, 2.24) is 4.98 Å². The number of methoxy groups -OCH3 is 2. The maximum Gasteiger partial charge on any atom is 0.301 e. The number of rotatable bonds is 7. The number of aliphatic hydroxyl groups excluding tert-OH is 1. The minimum absolute atomic E-state index is 0.0275. The molecule has 8 nitrogen and oxygen atoms in total. The average Bonchev–Trinajstić information content (AvgIpc) is 3.46. The Labute approximate surface area is 223 Å². The number of aryl methyl sites for hydroxylation is 1. The number of nitrogens with zero attached hydrogens (tertiary/aromatic N) is 2. The smallest absolute Gasteiger partial charge is 0.301 e. The standard InChI is InChI=1S/C29H26N2O6S/c1-5-37-19-11-12-20-23(15-19)38-29(30-20)31-25(18-10-13-21(35-3)22(14-18)36-4)24(27(33)28(31)34)26(32)17-8-6-16(2)7-9-17/h6-15,25,32H,5H2,1-4H3/b26-24+. The highest BCUT2D eigenvalue weighted by molar-refractivity contribution is 7.22. The molecule has 1 amide bonds. The normalized spacial score (nSPS) is 16.7. The van der Waals surface area contributed by atoms with Crippen molar-refractivity contribution >= 4 is 44.1 Å². The van der Waals surface area contributed by atoms with Crippen molar-refractivity contribution in [1.29, 1.82) is 0 Å². The molecule has 0 radical (unpaired) electrons. The maximum atomic E-state index is 13.5. The van der Waals surface area contributed by atoms with Crippen LogP contribution < -0.4 is 19.1 Å². The second-order valence-corrected chi connectivity index (χ2v) is 9.72. The molecule has 0 saturated carbocycles. The summed E-state index contributed by atoms with van der Waals surface area (Å²) in [6, 6.07) is 16.8. The molecule has 38 heavy (non-hydrogen) atoms. The maximum absolute atomic E-state index is 13.5. The molecular formula is C29H26N2O6S. The van der Waals surface area contributed by atoms with Gasteiger partial charge in [-0.2, -0.15) is 0 Å². The van der Waals surface area contributed by atoms with Gasteiger partial charge in [0.25, 0.3) is 5.78 Å². The van der Waals surface area contributed by atoms with Gasteiger partial charge < -0.3 is 19.3 Å². The van der Waals surface area contributed by atoms with Crippen LogP contribution in [0.2, 0.25) is 0 Å². The number of fused-ring (bicyclic) bond motifs is 1. The summed E-state index contributed by atoms with van der Waals surface area (Å²) in [6.45, 7) is 4.35. The van der Waals surface area contributed by atoms with Crippen LogP contribution in [0.25, 0.3) is 16.0 Å². The van der Waals surface area contributed by atoms with Gasteiger partial charge in [-0.15, -0.1) is 0 Å². The topological polar surface area (TPSA) is 98.2 Å². The van der Waals surface area contributed by atoms with Crippen molar-refractivity contribution < 1.29 is 28.9 Å². The minimum Gasteiger partial charge on any atom is -0.507 e. The summed E-state index contributed by atoms with van der Waals surface area (Å²) in [7, 11) is 3.03. The van der Waals surface area contributed by atoms with Gasteiger partial charge in [-0.05, 0) is 49.7 Å². The molecule has 9 heteroatoms. The average molecular weight is 531 g/mol. The fourth-order valence-corrected chi connectivity index (χ4v) is 5.51. The van der Waals surface area contributed by atoms with Crippen molar-refractivity contribution in [2.45, 2.75) is 19.9 Å². The lowest BCUT2D eigenvalue weighted by molar-refractivity contribution is -0.132. The van der Waals surface area contributed by atoms with E-state index in [1.165, 1.54) is 30.5 Å². The number of Topliss-reactive ketones (excluding diaryl/α,β-unsaturated/α-hetero) is 1. The highest BCUT2D eigenvalue weighted by Crippen LogP contribution is 2.46. The van der Waals surface area contributed by atoms with Gasteiger partial charge >= 0.3 is 5.91 Å². The summed E-state index contributed by atoms with van der Waals surface area (Å²) in [6.07, 6.45) is 0. The van der Waals surface area contributed by atoms with Crippen molar-refractivity contribution in [3.05, 3.63) is 82.9 Å². The second-order valence-electron chi connectivity index (χ2n) is 8.71. The Morgan fingerprint density at radius 1 is 1.00 bits per heavy atom. The first kappa shape index (κ1) is 25.3. The molecule has 1 aromatic heterocycles. The third kappa shape index (κ3) is 4.35. The van der Waals surface area contributed by atoms with Crippen LogP contribution in [-0.2, 0) is 9.59 Å². The SMILES string of the molecule is CCOc1ccc2nc(N3C(=O)C(=O)/C(=C(/O)c4ccc(C)cc4)C3c3ccc(OC)c(OC)c3)sc2c1. The van der Waals surface area contributed by atoms with Gasteiger partial charge in [-0.1, -0.05) is 47.2 Å². The molecule has 194 valence electrons. The number of carbonyl (C=O) groups is 2. The van der Waals surface area contributed by atoms with E-state index >= 15 is 0 Å². The summed E-state index contributed by atoms with van der Waals surface area (Å²) < 4.78 is 17.3. The van der Waals surface area contributed by atoms with E-state index in [1.54, 1.807) is 30.3 Å². The molecule has 0 aliphatic carbocycles. The third-order valence-electron chi connectivity index (χ3n) is 6.36. The monoisotopic (exact) mass is 530 g/mol. The first-order valence-electron chi connectivity index (χ1n) is 12.0. The number of benzene rings is 3. The van der Waals surface area contributed by atoms with Gasteiger partial charge in [0, 0.05) is 5.56 Å². The van der Waals surface area contributed by atoms with Gasteiger partial charge in [0.15, 0.2) is 16.6 Å². The Bertz CT molecular complexity index is 1570. The first-order chi connectivity index (χ1) is 18.4. The summed E-state index contributed by atoms with van der Waals surface area (Å²) in [5.74, 6) is -0.218. The van der Waals surface area contributed by atoms with Crippen LogP contribution in [0.15, 0.2) is 66.2 Å². The van der Waals surface area contributed by atoms with E-state index in [-0.39, 0.29) is 11.3 Å². The van der Waals surface area contributed by atoms with Gasteiger partial charge in [-0.25, -0.2) is 4.98 Å². The largest absolute Gasteiger partial charge is 0.507 e. The molecule has 1 atom stereocenters. The molecule has 2 heterocycles. The van der Waals surface area contributed by atoms with Crippen LogP contribution in [0.1, 0.15) is 29.7 Å². The van der Waals surface area contributed by atoms with Crippen molar-refractivity contribution in [3.8, 4) is 17.2 Å². The molecule has 4 aromatic rings. The quantitative estimate of drug-likeness (QED) is 0.187. The lowest BCUT2D eigenvalue weighted by atomic mass is 9.95. The van der Waals surface area contributed by atoms with Gasteiger partial charge in [-0.3, -0.25) is 14.5 Å². The van der Waals surface area contributed by atoms with E-state index in [9.17, 15) is 14.7 Å². The van der Waals surface area contributed by atoms with Crippen LogP contribution in [-0.4, -0.2) is 42.6 Å². The van der Waals surface area contributed by atoms with Crippen LogP contribution in [0.3, 0.4) is 0 Å². The fourth-order valence-electron chi connectivity index (χ4n) is 4.49. The molecule has 0 spiro atoms. The summed E-state index contributed by atoms with van der Waals surface area (Å²) in [4.78, 5) is 33.0. The zero-order chi connectivity index (χ0) is 27.0. The first-order valence-corrected chi connectivity index (χ1v) is 12.8. The molecule has 1 saturated heterocycles. The molecule has 1 aliphatic rings. The Hall–Kier alpha value is -4.37. The van der Waals surface area contributed by atoms with Crippen molar-refractivity contribution in [3.63, 3.8) is 0 Å². The van der Waals surface area contributed by atoms with E-state index < -0.39 is 17.7 Å². The van der Waals surface area contributed by atoms with Crippen LogP contribution in [0.4, 0.5) is 5.13 Å². The lowest BCUT2D eigenvalue weighted by Crippen LogP contribution is -2.29. The van der Waals surface area contributed by atoms with Crippen LogP contribution in [0, 0.1) is 6.92 Å². The molecule has 5 rings (SSSR count). The van der Waals surface area contributed by atoms with Crippen LogP contribution in [0.5, 0.6) is 17.2 Å². The number of aromatic nitrogens is 1. The van der Waals surface area contributed by atoms with E-state index in [0.29, 0.717) is 45.6 Å². The second kappa shape index (κ2) is 10.2. The molecule has 1 aliphatic heterocycles. The number of hydrogen-bond acceptors (Lipinski definition) is 8. The number of hydrogen-bond donors (Lipinski definition) is 1. The van der Waals surface area contributed by atoms with Crippen molar-refractivity contribution in [2.24, 2.45) is 0 Å². The Kier molecular flexibility index (Phi) is 6.77. The highest BCUT2D eigenvalue weighted by atomic mass is 32.1. The predicted molar refractivity (Wildman–Crippen MR) is 146 cm³/mol. The van der Waals surface area contributed by atoms with Gasteiger partial charge in [0.05, 0.1) is 42.7 Å². The van der Waals surface area contributed by atoms with Gasteiger partial charge in [0.1, 0.15) is 11.5 Å². The molecule has 0 bridgehead atoms. The highest BCUT2D eigenvalue weighted by Gasteiger charge is 2.48. The number of carbonyl (C=O) groups excluding carboxylic acids is 2. The Morgan fingerprint density at radius 2 is 1.74 bits per heavy atom. The van der Waals surface area contributed by atoms with Crippen molar-refractivity contribution in [2.75, 3.05) is 25.7 Å². The minimum atomic E-state index is -0.942. The molecule has 1 unspecified atom stereocenters. The van der Waals surface area contributed by atoms with E-state index in [1.807, 2.05) is 44.2 Å². The third-order valence-corrected chi connectivity index (χ3v) is 7.38. The van der Waals surface area contributed by atoms with Crippen LogP contribution >= 0.6 is 11.3 Å². The summed E-state index contributed by atoms with van der Waals surface area (Å²) in [5, 5.41) is 11.7. The molecule has 1 fully saturated rings. The molecular weight excluding hydrogens is 504 g/mol. The summed E-state index contributed by atoms with van der Waals surface area (Å²) in [5.41, 5.74) is 2.63. The lowest BCUT2D eigenvalue weighted by Gasteiger charge is -2.23. The van der Waals surface area contributed by atoms with Gasteiger partial charge in [0.2, 0.25) is 0 Å². The van der Waals surface area contributed by atoms with E-state index in [2.05, 4.69) is 4.98 Å². The number of thiazole rings is 1. The number of anilines is 1. The Morgan fingerprint density at radius 3 is 2.42 bits per heavy atom. The van der Waals surface area contributed by atoms with E-state index in [4.69, 9.17) is 14.2 Å². The number of ketones is 1.